The third-order valence-corrected chi connectivity index (χ3v) is 3.41. The van der Waals surface area contributed by atoms with E-state index in [0.29, 0.717) is 19.8 Å². The van der Waals surface area contributed by atoms with Crippen LogP contribution in [0.1, 0.15) is 25.7 Å². The Balaban J connectivity index is 1.98. The van der Waals surface area contributed by atoms with E-state index in [4.69, 9.17) is 14.6 Å². The highest BCUT2D eigenvalue weighted by Crippen LogP contribution is 2.21. The smallest absolute Gasteiger partial charge is 0.305 e. The summed E-state index contributed by atoms with van der Waals surface area (Å²) in [6.45, 7) is 1.84. The molecule has 2 saturated heterocycles. The largest absolute Gasteiger partial charge is 0.481 e. The van der Waals surface area contributed by atoms with Crippen LogP contribution in [-0.2, 0) is 19.1 Å². The maximum absolute atomic E-state index is 12.3. The number of rotatable bonds is 3. The predicted octanol–water partition coefficient (Wildman–Crippen LogP) is 0.258. The summed E-state index contributed by atoms with van der Waals surface area (Å²) in [5.74, 6) is -0.985. The minimum atomic E-state index is -0.861. The van der Waals surface area contributed by atoms with E-state index in [0.717, 1.165) is 19.3 Å². The molecule has 1 N–H and O–H groups in total. The third-order valence-electron chi connectivity index (χ3n) is 3.41. The molecule has 2 fully saturated rings. The molecule has 2 unspecified atom stereocenters. The summed E-state index contributed by atoms with van der Waals surface area (Å²) >= 11 is 0. The van der Waals surface area contributed by atoms with Crippen molar-refractivity contribution < 1.29 is 24.2 Å². The number of nitrogens with zero attached hydrogens (tertiary/aromatic N) is 1. The Morgan fingerprint density at radius 1 is 1.28 bits per heavy atom. The maximum atomic E-state index is 12.3. The van der Waals surface area contributed by atoms with Gasteiger partial charge in [-0.2, -0.15) is 0 Å². The quantitative estimate of drug-likeness (QED) is 0.784. The Labute approximate surface area is 106 Å². The standard InChI is InChI=1S/C12H19NO5/c14-11(15)7-9-3-1-2-4-13(9)12(16)10-8-17-5-6-18-10/h9-10H,1-8H2,(H,14,15). The Morgan fingerprint density at radius 2 is 2.11 bits per heavy atom. The van der Waals surface area contributed by atoms with Gasteiger partial charge in [-0.05, 0) is 19.3 Å². The van der Waals surface area contributed by atoms with Crippen LogP contribution in [0.4, 0.5) is 0 Å². The molecule has 0 aromatic carbocycles. The van der Waals surface area contributed by atoms with Crippen molar-refractivity contribution in [3.05, 3.63) is 0 Å². The zero-order chi connectivity index (χ0) is 13.0. The highest BCUT2D eigenvalue weighted by molar-refractivity contribution is 5.82. The van der Waals surface area contributed by atoms with Gasteiger partial charge in [0, 0.05) is 12.6 Å². The van der Waals surface area contributed by atoms with Crippen molar-refractivity contribution in [1.82, 2.24) is 4.90 Å². The van der Waals surface area contributed by atoms with Crippen molar-refractivity contribution in [2.75, 3.05) is 26.4 Å². The molecule has 0 saturated carbocycles. The summed E-state index contributed by atoms with van der Waals surface area (Å²) in [6, 6.07) is -0.200. The van der Waals surface area contributed by atoms with Gasteiger partial charge in [0.25, 0.3) is 5.91 Å². The van der Waals surface area contributed by atoms with Crippen LogP contribution in [0.25, 0.3) is 0 Å². The lowest BCUT2D eigenvalue weighted by atomic mass is 9.98. The normalized spacial score (nSPS) is 29.0. The van der Waals surface area contributed by atoms with Crippen LogP contribution in [0.3, 0.4) is 0 Å². The van der Waals surface area contributed by atoms with Gasteiger partial charge in [-0.25, -0.2) is 0 Å². The highest BCUT2D eigenvalue weighted by Gasteiger charge is 2.34. The molecule has 2 aliphatic rings. The average Bonchev–Trinajstić information content (AvgIpc) is 2.39. The van der Waals surface area contributed by atoms with Gasteiger partial charge in [-0.15, -0.1) is 0 Å². The molecule has 0 radical (unpaired) electrons. The van der Waals surface area contributed by atoms with Crippen molar-refractivity contribution >= 4 is 11.9 Å². The Morgan fingerprint density at radius 3 is 2.78 bits per heavy atom. The number of aliphatic carboxylic acids is 1. The molecule has 0 aromatic rings. The first-order chi connectivity index (χ1) is 8.68. The van der Waals surface area contributed by atoms with E-state index in [-0.39, 0.29) is 25.0 Å². The lowest BCUT2D eigenvalue weighted by Crippen LogP contribution is -2.51. The lowest BCUT2D eigenvalue weighted by Gasteiger charge is -2.37. The highest BCUT2D eigenvalue weighted by atomic mass is 16.6. The molecule has 0 bridgehead atoms. The zero-order valence-electron chi connectivity index (χ0n) is 10.3. The first kappa shape index (κ1) is 13.3. The third kappa shape index (κ3) is 3.20. The summed E-state index contributed by atoms with van der Waals surface area (Å²) in [4.78, 5) is 24.8. The van der Waals surface area contributed by atoms with Crippen LogP contribution in [0.2, 0.25) is 0 Å². The number of ether oxygens (including phenoxy) is 2. The van der Waals surface area contributed by atoms with E-state index in [1.807, 2.05) is 0 Å². The van der Waals surface area contributed by atoms with Gasteiger partial charge in [0.15, 0.2) is 6.10 Å². The number of carboxylic acids is 1. The van der Waals surface area contributed by atoms with E-state index in [1.165, 1.54) is 0 Å². The molecule has 1 amide bonds. The van der Waals surface area contributed by atoms with E-state index >= 15 is 0 Å². The molecule has 0 spiro atoms. The van der Waals surface area contributed by atoms with Gasteiger partial charge >= 0.3 is 5.97 Å². The minimum Gasteiger partial charge on any atom is -0.481 e. The lowest BCUT2D eigenvalue weighted by molar-refractivity contribution is -0.162. The summed E-state index contributed by atoms with van der Waals surface area (Å²) in [6.07, 6.45) is 2.11. The van der Waals surface area contributed by atoms with Crippen molar-refractivity contribution in [3.8, 4) is 0 Å². The number of carboxylic acid groups (broad SMARTS) is 1. The van der Waals surface area contributed by atoms with Gasteiger partial charge in [0.2, 0.25) is 0 Å². The van der Waals surface area contributed by atoms with Crippen LogP contribution in [0.5, 0.6) is 0 Å². The van der Waals surface area contributed by atoms with E-state index in [1.54, 1.807) is 4.90 Å². The number of amides is 1. The molecular weight excluding hydrogens is 238 g/mol. The molecule has 102 valence electrons. The van der Waals surface area contributed by atoms with Gasteiger partial charge in [-0.3, -0.25) is 9.59 Å². The zero-order valence-corrected chi connectivity index (χ0v) is 10.3. The second-order valence-electron chi connectivity index (χ2n) is 4.71. The van der Waals surface area contributed by atoms with Crippen molar-refractivity contribution in [2.24, 2.45) is 0 Å². The average molecular weight is 257 g/mol. The summed E-state index contributed by atoms with van der Waals surface area (Å²) < 4.78 is 10.6. The fourth-order valence-corrected chi connectivity index (χ4v) is 2.52. The second-order valence-corrected chi connectivity index (χ2v) is 4.71. The molecule has 0 aromatic heterocycles. The van der Waals surface area contributed by atoms with Crippen LogP contribution < -0.4 is 0 Å². The molecule has 2 rings (SSSR count). The van der Waals surface area contributed by atoms with Gasteiger partial charge < -0.3 is 19.5 Å². The number of likely N-dealkylation sites (tertiary alicyclic amines) is 1. The molecule has 6 heteroatoms. The SMILES string of the molecule is O=C(O)CC1CCCCN1C(=O)C1COCCO1. The maximum Gasteiger partial charge on any atom is 0.305 e. The summed E-state index contributed by atoms with van der Waals surface area (Å²) in [5.41, 5.74) is 0. The number of piperidine rings is 1. The Kier molecular flexibility index (Phi) is 4.54. The van der Waals surface area contributed by atoms with Crippen molar-refractivity contribution in [1.29, 1.82) is 0 Å². The van der Waals surface area contributed by atoms with Gasteiger partial charge in [0.05, 0.1) is 26.2 Å². The van der Waals surface area contributed by atoms with E-state index in [2.05, 4.69) is 0 Å². The van der Waals surface area contributed by atoms with Crippen LogP contribution in [-0.4, -0.2) is 60.4 Å². The monoisotopic (exact) mass is 257 g/mol. The molecule has 18 heavy (non-hydrogen) atoms. The summed E-state index contributed by atoms with van der Waals surface area (Å²) in [5, 5.41) is 8.88. The van der Waals surface area contributed by atoms with Crippen molar-refractivity contribution in [2.45, 2.75) is 37.8 Å². The fourth-order valence-electron chi connectivity index (χ4n) is 2.52. The summed E-state index contributed by atoms with van der Waals surface area (Å²) in [7, 11) is 0. The molecule has 6 nitrogen and oxygen atoms in total. The van der Waals surface area contributed by atoms with E-state index in [9.17, 15) is 9.59 Å². The molecule has 0 aliphatic carbocycles. The number of carbonyl (C=O) groups excluding carboxylic acids is 1. The second kappa shape index (κ2) is 6.15. The molecule has 2 heterocycles. The Bertz CT molecular complexity index is 314. The molecular formula is C12H19NO5. The van der Waals surface area contributed by atoms with Gasteiger partial charge in [0.1, 0.15) is 0 Å². The first-order valence-corrected chi connectivity index (χ1v) is 6.40. The van der Waals surface area contributed by atoms with Crippen LogP contribution >= 0.6 is 0 Å². The predicted molar refractivity (Wildman–Crippen MR) is 62.2 cm³/mol. The molecule has 2 aliphatic heterocycles. The number of carbonyl (C=O) groups is 2. The topological polar surface area (TPSA) is 76.1 Å². The Hall–Kier alpha value is -1.14. The van der Waals surface area contributed by atoms with Crippen LogP contribution in [0, 0.1) is 0 Å². The first-order valence-electron chi connectivity index (χ1n) is 6.40. The minimum absolute atomic E-state index is 0.0132. The fraction of sp³-hybridized carbons (Fsp3) is 0.833. The number of hydrogen-bond acceptors (Lipinski definition) is 4. The number of hydrogen-bond donors (Lipinski definition) is 1. The van der Waals surface area contributed by atoms with Gasteiger partial charge in [-0.1, -0.05) is 0 Å². The van der Waals surface area contributed by atoms with Crippen molar-refractivity contribution in [3.63, 3.8) is 0 Å². The molecule has 2 atom stereocenters. The van der Waals surface area contributed by atoms with Crippen LogP contribution in [0.15, 0.2) is 0 Å². The van der Waals surface area contributed by atoms with E-state index < -0.39 is 12.1 Å².